The Balaban J connectivity index is 1.94. The predicted molar refractivity (Wildman–Crippen MR) is 116 cm³/mol. The molecule has 0 spiro atoms. The van der Waals surface area contributed by atoms with Crippen LogP contribution in [0.25, 0.3) is 0 Å². The van der Waals surface area contributed by atoms with E-state index < -0.39 is 41.1 Å². The second-order valence-electron chi connectivity index (χ2n) is 9.49. The summed E-state index contributed by atoms with van der Waals surface area (Å²) in [6.07, 6.45) is 3.98. The molecule has 0 radical (unpaired) electrons. The van der Waals surface area contributed by atoms with Crippen molar-refractivity contribution < 1.29 is 32.3 Å². The maximum atomic E-state index is 14.7. The highest BCUT2D eigenvalue weighted by Crippen LogP contribution is 2.47. The second-order valence-corrected chi connectivity index (χ2v) is 9.49. The van der Waals surface area contributed by atoms with Crippen LogP contribution in [0.2, 0.25) is 0 Å². The van der Waals surface area contributed by atoms with Crippen LogP contribution in [-0.2, 0) is 19.1 Å². The normalized spacial score (nSPS) is 25.5. The van der Waals surface area contributed by atoms with Gasteiger partial charge in [-0.15, -0.1) is 0 Å². The first-order valence-corrected chi connectivity index (χ1v) is 12.2. The van der Waals surface area contributed by atoms with Crippen LogP contribution in [-0.4, -0.2) is 47.0 Å². The minimum atomic E-state index is -5.20. The van der Waals surface area contributed by atoms with Crippen molar-refractivity contribution in [1.82, 2.24) is 10.2 Å². The Labute approximate surface area is 193 Å². The summed E-state index contributed by atoms with van der Waals surface area (Å²) in [5.41, 5.74) is -4.29. The van der Waals surface area contributed by atoms with E-state index in [9.17, 15) is 27.6 Å². The van der Waals surface area contributed by atoms with Gasteiger partial charge in [0.15, 0.2) is 0 Å². The highest BCUT2D eigenvalue weighted by atomic mass is 19.4. The van der Waals surface area contributed by atoms with Crippen molar-refractivity contribution in [2.24, 2.45) is 5.92 Å². The van der Waals surface area contributed by atoms with Gasteiger partial charge < -0.3 is 15.0 Å². The van der Waals surface area contributed by atoms with Gasteiger partial charge in [0, 0.05) is 18.2 Å². The number of allylic oxidation sites excluding steroid dienone is 1. The van der Waals surface area contributed by atoms with E-state index in [0.29, 0.717) is 25.2 Å². The Kier molecular flexibility index (Phi) is 8.11. The summed E-state index contributed by atoms with van der Waals surface area (Å²) in [5.74, 6) is -3.09. The van der Waals surface area contributed by atoms with E-state index in [0.717, 1.165) is 56.3 Å². The molecule has 1 aliphatic heterocycles. The van der Waals surface area contributed by atoms with Gasteiger partial charge in [-0.1, -0.05) is 51.4 Å². The van der Waals surface area contributed by atoms with Crippen LogP contribution in [0.4, 0.5) is 13.2 Å². The van der Waals surface area contributed by atoms with Crippen molar-refractivity contribution >= 4 is 17.8 Å². The number of hydrogen-bond donors (Lipinski definition) is 1. The number of esters is 1. The minimum absolute atomic E-state index is 0.0738. The van der Waals surface area contributed by atoms with Gasteiger partial charge in [0.1, 0.15) is 5.57 Å². The zero-order valence-electron chi connectivity index (χ0n) is 19.6. The molecule has 3 rings (SSSR count). The molecule has 33 heavy (non-hydrogen) atoms. The summed E-state index contributed by atoms with van der Waals surface area (Å²) < 4.78 is 49.0. The fourth-order valence-electron chi connectivity index (χ4n) is 5.65. The molecule has 0 aromatic rings. The fraction of sp³-hybridized carbons (Fsp3) is 0.792. The van der Waals surface area contributed by atoms with E-state index in [1.54, 1.807) is 0 Å². The lowest BCUT2D eigenvalue weighted by Gasteiger charge is -2.36. The summed E-state index contributed by atoms with van der Waals surface area (Å²) in [4.78, 5) is 40.2. The van der Waals surface area contributed by atoms with Crippen LogP contribution >= 0.6 is 0 Å². The van der Waals surface area contributed by atoms with E-state index in [1.165, 1.54) is 13.8 Å². The molecule has 0 bridgehead atoms. The molecule has 0 unspecified atom stereocenters. The molecular weight excluding hydrogens is 437 g/mol. The Morgan fingerprint density at radius 3 is 2.18 bits per heavy atom. The van der Waals surface area contributed by atoms with Crippen molar-refractivity contribution in [3.05, 3.63) is 11.3 Å². The number of halogens is 3. The van der Waals surface area contributed by atoms with Crippen molar-refractivity contribution in [2.45, 2.75) is 109 Å². The molecule has 0 saturated heterocycles. The van der Waals surface area contributed by atoms with E-state index in [-0.39, 0.29) is 18.7 Å². The number of alkyl halides is 3. The van der Waals surface area contributed by atoms with E-state index in [4.69, 9.17) is 4.74 Å². The molecule has 186 valence electrons. The van der Waals surface area contributed by atoms with E-state index in [2.05, 4.69) is 0 Å². The smallest absolute Gasteiger partial charge is 0.425 e. The Bertz CT molecular complexity index is 783. The molecule has 1 atom stereocenters. The Hall–Kier alpha value is -2.06. The molecule has 2 aliphatic carbocycles. The van der Waals surface area contributed by atoms with Crippen LogP contribution in [0.1, 0.15) is 90.9 Å². The molecule has 1 N–H and O–H groups in total. The van der Waals surface area contributed by atoms with Gasteiger partial charge in [-0.25, -0.2) is 4.79 Å². The average molecular weight is 473 g/mol. The highest BCUT2D eigenvalue weighted by molar-refractivity contribution is 6.10. The number of hydrogen-bond acceptors (Lipinski definition) is 4. The lowest BCUT2D eigenvalue weighted by Crippen LogP contribution is -2.66. The topological polar surface area (TPSA) is 75.7 Å². The highest BCUT2D eigenvalue weighted by Gasteiger charge is 2.71. The van der Waals surface area contributed by atoms with Crippen LogP contribution in [0.15, 0.2) is 11.3 Å². The first-order valence-electron chi connectivity index (χ1n) is 12.2. The molecule has 3 aliphatic rings. The summed E-state index contributed by atoms with van der Waals surface area (Å²) in [5, 5.41) is 2.00. The van der Waals surface area contributed by atoms with Crippen LogP contribution in [0, 0.1) is 5.92 Å². The molecule has 0 aromatic heterocycles. The number of carbonyl (C=O) groups is 3. The molecule has 1 heterocycles. The number of carbonyl (C=O) groups excluding carboxylic acids is 3. The number of ether oxygens (including phenoxy) is 1. The molecule has 2 saturated carbocycles. The Morgan fingerprint density at radius 1 is 1.06 bits per heavy atom. The third kappa shape index (κ3) is 5.06. The first kappa shape index (κ1) is 25.6. The van der Waals surface area contributed by atoms with Crippen LogP contribution < -0.4 is 5.32 Å². The number of nitrogens with one attached hydrogen (secondary N) is 1. The lowest BCUT2D eigenvalue weighted by atomic mass is 9.85. The SMILES string of the molecule is CCOC(=O)C1=C(C)N(C2CCCCC2)C(=O)[C@@]1(NC(=O)CCC1CCCCC1)C(F)(F)F. The number of rotatable bonds is 7. The van der Waals surface area contributed by atoms with Crippen LogP contribution in [0.5, 0.6) is 0 Å². The monoisotopic (exact) mass is 472 g/mol. The van der Waals surface area contributed by atoms with E-state index >= 15 is 0 Å². The molecule has 0 aromatic carbocycles. The third-order valence-electron chi connectivity index (χ3n) is 7.31. The number of amides is 2. The summed E-state index contributed by atoms with van der Waals surface area (Å²) in [6, 6.07) is -0.431. The quantitative estimate of drug-likeness (QED) is 0.542. The van der Waals surface area contributed by atoms with Gasteiger partial charge >= 0.3 is 12.1 Å². The zero-order valence-corrected chi connectivity index (χ0v) is 19.6. The lowest BCUT2D eigenvalue weighted by molar-refractivity contribution is -0.197. The van der Waals surface area contributed by atoms with Crippen LogP contribution in [0.3, 0.4) is 0 Å². The van der Waals surface area contributed by atoms with Crippen molar-refractivity contribution in [1.29, 1.82) is 0 Å². The van der Waals surface area contributed by atoms with Gasteiger partial charge in [0.2, 0.25) is 11.4 Å². The first-order chi connectivity index (χ1) is 15.6. The van der Waals surface area contributed by atoms with Gasteiger partial charge in [-0.2, -0.15) is 13.2 Å². The standard InChI is InChI=1S/C24H35F3N2O4/c1-3-33-21(31)20-16(2)29(18-12-8-5-9-13-18)22(32)23(20,24(25,26)27)28-19(30)15-14-17-10-6-4-7-11-17/h17-18H,3-15H2,1-2H3,(H,28,30)/t23-/m1/s1. The average Bonchev–Trinajstić information content (AvgIpc) is 3.00. The molecule has 2 amide bonds. The van der Waals surface area contributed by atoms with Crippen molar-refractivity contribution in [2.75, 3.05) is 6.61 Å². The maximum absolute atomic E-state index is 14.7. The van der Waals surface area contributed by atoms with E-state index in [1.807, 2.05) is 5.32 Å². The second kappa shape index (κ2) is 10.5. The summed E-state index contributed by atoms with van der Waals surface area (Å²) >= 11 is 0. The zero-order chi connectivity index (χ0) is 24.2. The van der Waals surface area contributed by atoms with Crippen molar-refractivity contribution in [3.8, 4) is 0 Å². The molecule has 6 nitrogen and oxygen atoms in total. The number of nitrogens with zero attached hydrogens (tertiary/aromatic N) is 1. The van der Waals surface area contributed by atoms with Gasteiger partial charge in [-0.05, 0) is 39.0 Å². The fourth-order valence-corrected chi connectivity index (χ4v) is 5.65. The largest absolute Gasteiger partial charge is 0.462 e. The van der Waals surface area contributed by atoms with Crippen molar-refractivity contribution in [3.63, 3.8) is 0 Å². The predicted octanol–water partition coefficient (Wildman–Crippen LogP) is 4.78. The summed E-state index contributed by atoms with van der Waals surface area (Å²) in [6.45, 7) is 2.69. The van der Waals surface area contributed by atoms with Gasteiger partial charge in [-0.3, -0.25) is 9.59 Å². The Morgan fingerprint density at radius 2 is 1.64 bits per heavy atom. The molecule has 9 heteroatoms. The molecule has 2 fully saturated rings. The molecular formula is C24H35F3N2O4. The minimum Gasteiger partial charge on any atom is -0.462 e. The summed E-state index contributed by atoms with van der Waals surface area (Å²) in [7, 11) is 0. The van der Waals surface area contributed by atoms with Gasteiger partial charge in [0.05, 0.1) is 6.61 Å². The third-order valence-corrected chi connectivity index (χ3v) is 7.31. The maximum Gasteiger partial charge on any atom is 0.425 e. The van der Waals surface area contributed by atoms with Gasteiger partial charge in [0.25, 0.3) is 5.91 Å².